The highest BCUT2D eigenvalue weighted by Gasteiger charge is 1.99. The quantitative estimate of drug-likeness (QED) is 0.643. The minimum absolute atomic E-state index is 0.808. The van der Waals surface area contributed by atoms with E-state index >= 15 is 0 Å². The van der Waals surface area contributed by atoms with Crippen molar-refractivity contribution < 1.29 is 0 Å². The number of nitrogens with two attached hydrogens (primary N) is 3. The summed E-state index contributed by atoms with van der Waals surface area (Å²) in [6, 6.07) is 24.9. The number of benzene rings is 3. The predicted octanol–water partition coefficient (Wildman–Crippen LogP) is 3.61. The van der Waals surface area contributed by atoms with Gasteiger partial charge in [-0.15, -0.1) is 0 Å². The van der Waals surface area contributed by atoms with Crippen LogP contribution in [0.15, 0.2) is 72.8 Å². The van der Waals surface area contributed by atoms with Gasteiger partial charge in [0.05, 0.1) is 0 Å². The third-order valence-electron chi connectivity index (χ3n) is 3.80. The number of rotatable bonds is 4. The maximum Gasteiger partial charge on any atom is 0.0314 e. The molecule has 0 fully saturated rings. The number of hydrogen-bond acceptors (Lipinski definition) is 3. The van der Waals surface area contributed by atoms with Crippen LogP contribution >= 0.6 is 0 Å². The van der Waals surface area contributed by atoms with Gasteiger partial charge in [-0.05, 0) is 66.4 Å². The van der Waals surface area contributed by atoms with Crippen molar-refractivity contribution in [2.24, 2.45) is 5.73 Å². The Morgan fingerprint density at radius 1 is 0.458 bits per heavy atom. The van der Waals surface area contributed by atoms with Gasteiger partial charge in [0.15, 0.2) is 0 Å². The van der Waals surface area contributed by atoms with Crippen LogP contribution in [0.2, 0.25) is 0 Å². The van der Waals surface area contributed by atoms with Crippen molar-refractivity contribution in [3.8, 4) is 0 Å². The lowest BCUT2D eigenvalue weighted by atomic mass is 10.00. The second kappa shape index (κ2) is 8.75. The molecule has 0 aliphatic heterocycles. The average molecular weight is 319 g/mol. The summed E-state index contributed by atoms with van der Waals surface area (Å²) in [6.07, 6.45) is 1.87. The summed E-state index contributed by atoms with van der Waals surface area (Å²) in [5.74, 6) is 0. The fourth-order valence-corrected chi connectivity index (χ4v) is 2.52. The lowest BCUT2D eigenvalue weighted by Crippen LogP contribution is -1.92. The molecule has 0 radical (unpaired) electrons. The molecule has 0 bridgehead atoms. The van der Waals surface area contributed by atoms with E-state index in [4.69, 9.17) is 11.5 Å². The highest BCUT2D eigenvalue weighted by Crippen LogP contribution is 2.15. The normalized spacial score (nSPS) is 9.92. The zero-order valence-electron chi connectivity index (χ0n) is 14.1. The van der Waals surface area contributed by atoms with Crippen LogP contribution in [-0.4, -0.2) is 7.05 Å². The Kier molecular flexibility index (Phi) is 6.41. The third-order valence-corrected chi connectivity index (χ3v) is 3.80. The molecule has 124 valence electrons. The van der Waals surface area contributed by atoms with E-state index in [1.807, 2.05) is 24.3 Å². The van der Waals surface area contributed by atoms with Gasteiger partial charge in [0.1, 0.15) is 0 Å². The van der Waals surface area contributed by atoms with Gasteiger partial charge in [0.2, 0.25) is 0 Å². The van der Waals surface area contributed by atoms with E-state index in [9.17, 15) is 0 Å². The fourth-order valence-electron chi connectivity index (χ4n) is 2.52. The van der Waals surface area contributed by atoms with Gasteiger partial charge in [-0.1, -0.05) is 48.5 Å². The topological polar surface area (TPSA) is 78.1 Å². The van der Waals surface area contributed by atoms with Gasteiger partial charge in [-0.2, -0.15) is 0 Å². The van der Waals surface area contributed by atoms with E-state index in [1.165, 1.54) is 29.3 Å². The Morgan fingerprint density at radius 2 is 0.667 bits per heavy atom. The first-order valence-corrected chi connectivity index (χ1v) is 8.03. The number of hydrogen-bond donors (Lipinski definition) is 3. The Balaban J connectivity index is 0.00000100. The average Bonchev–Trinajstić information content (AvgIpc) is 2.62. The molecule has 0 saturated heterocycles. The third kappa shape index (κ3) is 5.14. The molecule has 0 heterocycles. The highest BCUT2D eigenvalue weighted by molar-refractivity contribution is 5.42. The molecule has 6 N–H and O–H groups in total. The summed E-state index contributed by atoms with van der Waals surface area (Å²) in [4.78, 5) is 0. The maximum absolute atomic E-state index is 5.71. The van der Waals surface area contributed by atoms with Crippen molar-refractivity contribution in [1.82, 2.24) is 0 Å². The zero-order chi connectivity index (χ0) is 17.4. The summed E-state index contributed by atoms with van der Waals surface area (Å²) in [6.45, 7) is 0. The molecule has 0 amide bonds. The van der Waals surface area contributed by atoms with E-state index in [0.717, 1.165) is 24.2 Å². The zero-order valence-corrected chi connectivity index (χ0v) is 14.1. The molecule has 3 aromatic carbocycles. The Labute approximate surface area is 144 Å². The predicted molar refractivity (Wildman–Crippen MR) is 104 cm³/mol. The summed E-state index contributed by atoms with van der Waals surface area (Å²) >= 11 is 0. The Morgan fingerprint density at radius 3 is 0.917 bits per heavy atom. The smallest absolute Gasteiger partial charge is 0.0314 e. The molecular formula is C21H25N3. The summed E-state index contributed by atoms with van der Waals surface area (Å²) in [5.41, 5.74) is 22.7. The molecule has 3 rings (SSSR count). The monoisotopic (exact) mass is 319 g/mol. The molecular weight excluding hydrogens is 294 g/mol. The maximum atomic E-state index is 5.71. The minimum Gasteiger partial charge on any atom is -0.399 e. The van der Waals surface area contributed by atoms with Crippen LogP contribution in [0.5, 0.6) is 0 Å². The number of anilines is 2. The largest absolute Gasteiger partial charge is 0.399 e. The van der Waals surface area contributed by atoms with Crippen molar-refractivity contribution in [2.75, 3.05) is 18.5 Å². The van der Waals surface area contributed by atoms with Crippen molar-refractivity contribution >= 4 is 11.4 Å². The van der Waals surface area contributed by atoms with Crippen molar-refractivity contribution in [3.63, 3.8) is 0 Å². The summed E-state index contributed by atoms with van der Waals surface area (Å²) < 4.78 is 0. The lowest BCUT2D eigenvalue weighted by Gasteiger charge is -2.06. The van der Waals surface area contributed by atoms with Crippen molar-refractivity contribution in [2.45, 2.75) is 12.8 Å². The van der Waals surface area contributed by atoms with Crippen molar-refractivity contribution in [1.29, 1.82) is 0 Å². The fraction of sp³-hybridized carbons (Fsp3) is 0.143. The minimum atomic E-state index is 0.808. The Bertz CT molecular complexity index is 663. The first-order valence-electron chi connectivity index (χ1n) is 8.03. The van der Waals surface area contributed by atoms with E-state index < -0.39 is 0 Å². The van der Waals surface area contributed by atoms with Gasteiger partial charge in [-0.25, -0.2) is 0 Å². The molecule has 0 aromatic heterocycles. The van der Waals surface area contributed by atoms with E-state index in [1.54, 1.807) is 0 Å². The van der Waals surface area contributed by atoms with Gasteiger partial charge >= 0.3 is 0 Å². The molecule has 24 heavy (non-hydrogen) atoms. The first kappa shape index (κ1) is 17.6. The van der Waals surface area contributed by atoms with Crippen LogP contribution in [0.4, 0.5) is 11.4 Å². The molecule has 3 aromatic rings. The van der Waals surface area contributed by atoms with Gasteiger partial charge in [0.25, 0.3) is 0 Å². The second-order valence-electron chi connectivity index (χ2n) is 5.65. The molecule has 0 atom stereocenters. The molecule has 0 saturated carbocycles. The van der Waals surface area contributed by atoms with Crippen LogP contribution in [0, 0.1) is 0 Å². The molecule has 0 aliphatic carbocycles. The summed E-state index contributed by atoms with van der Waals surface area (Å²) in [7, 11) is 1.50. The Hall–Kier alpha value is -2.78. The van der Waals surface area contributed by atoms with E-state index in [2.05, 4.69) is 54.3 Å². The molecule has 3 heteroatoms. The standard InChI is InChI=1S/C20H20N2.CH5N/c21-19-9-5-17(6-10-19)13-15-1-2-16(4-3-15)14-18-7-11-20(22)12-8-18;1-2/h1-12H,13-14,21-22H2;2H2,1H3. The molecule has 0 aliphatic rings. The van der Waals surface area contributed by atoms with Crippen LogP contribution in [0.3, 0.4) is 0 Å². The first-order chi connectivity index (χ1) is 11.7. The lowest BCUT2D eigenvalue weighted by molar-refractivity contribution is 1.15. The van der Waals surface area contributed by atoms with Crippen LogP contribution in [-0.2, 0) is 12.8 Å². The number of nitrogen functional groups attached to an aromatic ring is 2. The summed E-state index contributed by atoms with van der Waals surface area (Å²) in [5, 5.41) is 0. The molecule has 0 unspecified atom stereocenters. The van der Waals surface area contributed by atoms with Crippen LogP contribution < -0.4 is 17.2 Å². The van der Waals surface area contributed by atoms with E-state index in [0.29, 0.717) is 0 Å². The van der Waals surface area contributed by atoms with Gasteiger partial charge in [0, 0.05) is 11.4 Å². The SMILES string of the molecule is CN.Nc1ccc(Cc2ccc(Cc3ccc(N)cc3)cc2)cc1. The van der Waals surface area contributed by atoms with Crippen LogP contribution in [0.25, 0.3) is 0 Å². The molecule has 0 spiro atoms. The van der Waals surface area contributed by atoms with Gasteiger partial charge in [-0.3, -0.25) is 0 Å². The van der Waals surface area contributed by atoms with Gasteiger partial charge < -0.3 is 17.2 Å². The molecule has 3 nitrogen and oxygen atoms in total. The van der Waals surface area contributed by atoms with Crippen LogP contribution in [0.1, 0.15) is 22.3 Å². The second-order valence-corrected chi connectivity index (χ2v) is 5.65. The highest BCUT2D eigenvalue weighted by atomic mass is 14.5. The van der Waals surface area contributed by atoms with E-state index in [-0.39, 0.29) is 0 Å². The van der Waals surface area contributed by atoms with Crippen molar-refractivity contribution in [3.05, 3.63) is 95.1 Å².